The summed E-state index contributed by atoms with van der Waals surface area (Å²) in [6.45, 7) is 7.65. The summed E-state index contributed by atoms with van der Waals surface area (Å²) >= 11 is 0. The molecule has 1 aromatic heterocycles. The van der Waals surface area contributed by atoms with Gasteiger partial charge in [0.1, 0.15) is 6.54 Å². The first kappa shape index (κ1) is 17.7. The maximum absolute atomic E-state index is 12.8. The number of carbonyl (C=O) groups excluding carboxylic acids is 1. The van der Waals surface area contributed by atoms with Crippen molar-refractivity contribution in [3.8, 4) is 0 Å². The summed E-state index contributed by atoms with van der Waals surface area (Å²) in [7, 11) is 0. The number of likely N-dealkylation sites (N-methyl/N-ethyl adjacent to an activating group) is 1. The van der Waals surface area contributed by atoms with Gasteiger partial charge in [0.05, 0.1) is 17.6 Å². The number of aromatic nitrogens is 2. The van der Waals surface area contributed by atoms with Gasteiger partial charge in [-0.15, -0.1) is 0 Å². The molecule has 1 saturated heterocycles. The van der Waals surface area contributed by atoms with E-state index < -0.39 is 0 Å². The SMILES string of the molecule is CCCn1c(=O)n(CC(=O)N(CC)C[C@H]2CCOC2)c2ccccc21. The molecule has 3 rings (SSSR count). The Labute approximate surface area is 148 Å². The van der Waals surface area contributed by atoms with Crippen LogP contribution in [0.1, 0.15) is 26.7 Å². The third-order valence-electron chi connectivity index (χ3n) is 4.90. The second kappa shape index (κ2) is 7.87. The van der Waals surface area contributed by atoms with E-state index in [0.717, 1.165) is 37.1 Å². The van der Waals surface area contributed by atoms with Crippen LogP contribution < -0.4 is 5.69 Å². The number of amides is 1. The zero-order chi connectivity index (χ0) is 17.8. The number of imidazole rings is 1. The number of ether oxygens (including phenoxy) is 1. The van der Waals surface area contributed by atoms with Crippen molar-refractivity contribution in [2.45, 2.75) is 39.8 Å². The number of hydrogen-bond donors (Lipinski definition) is 0. The number of fused-ring (bicyclic) bond motifs is 1. The highest BCUT2D eigenvalue weighted by molar-refractivity contribution is 5.81. The van der Waals surface area contributed by atoms with Gasteiger partial charge in [-0.25, -0.2) is 4.79 Å². The van der Waals surface area contributed by atoms with E-state index >= 15 is 0 Å². The maximum Gasteiger partial charge on any atom is 0.329 e. The molecule has 0 bridgehead atoms. The van der Waals surface area contributed by atoms with E-state index in [0.29, 0.717) is 25.6 Å². The van der Waals surface area contributed by atoms with Crippen molar-refractivity contribution >= 4 is 16.9 Å². The van der Waals surface area contributed by atoms with Crippen LogP contribution in [0.25, 0.3) is 11.0 Å². The number of carbonyl (C=O) groups is 1. The number of rotatable bonds is 7. The third-order valence-corrected chi connectivity index (χ3v) is 4.90. The van der Waals surface area contributed by atoms with Crippen LogP contribution in [0.4, 0.5) is 0 Å². The highest BCUT2D eigenvalue weighted by atomic mass is 16.5. The first-order valence-corrected chi connectivity index (χ1v) is 9.19. The topological polar surface area (TPSA) is 56.5 Å². The third kappa shape index (κ3) is 3.63. The van der Waals surface area contributed by atoms with E-state index in [2.05, 4.69) is 0 Å². The van der Waals surface area contributed by atoms with Crippen molar-refractivity contribution in [1.29, 1.82) is 0 Å². The molecule has 2 aromatic rings. The second-order valence-electron chi connectivity index (χ2n) is 6.67. The van der Waals surface area contributed by atoms with Crippen LogP contribution in [0.15, 0.2) is 29.1 Å². The van der Waals surface area contributed by atoms with Crippen LogP contribution in [-0.4, -0.2) is 46.2 Å². The molecule has 0 radical (unpaired) electrons. The minimum absolute atomic E-state index is 0.00379. The predicted molar refractivity (Wildman–Crippen MR) is 97.7 cm³/mol. The zero-order valence-corrected chi connectivity index (χ0v) is 15.1. The van der Waals surface area contributed by atoms with Gasteiger partial charge in [0.15, 0.2) is 0 Å². The van der Waals surface area contributed by atoms with Gasteiger partial charge in [-0.3, -0.25) is 13.9 Å². The Morgan fingerprint density at radius 2 is 1.96 bits per heavy atom. The van der Waals surface area contributed by atoms with Gasteiger partial charge in [0.2, 0.25) is 5.91 Å². The second-order valence-corrected chi connectivity index (χ2v) is 6.67. The van der Waals surface area contributed by atoms with E-state index in [1.54, 1.807) is 9.13 Å². The Kier molecular flexibility index (Phi) is 5.58. The van der Waals surface area contributed by atoms with E-state index in [4.69, 9.17) is 4.74 Å². The van der Waals surface area contributed by atoms with Crippen LogP contribution in [0.5, 0.6) is 0 Å². The lowest BCUT2D eigenvalue weighted by molar-refractivity contribution is -0.132. The van der Waals surface area contributed by atoms with Crippen LogP contribution in [0, 0.1) is 5.92 Å². The molecule has 1 fully saturated rings. The van der Waals surface area contributed by atoms with Gasteiger partial charge in [-0.1, -0.05) is 19.1 Å². The van der Waals surface area contributed by atoms with Crippen LogP contribution in [0.3, 0.4) is 0 Å². The predicted octanol–water partition coefficient (Wildman–Crippen LogP) is 2.10. The Balaban J connectivity index is 1.85. The fourth-order valence-electron chi connectivity index (χ4n) is 3.55. The summed E-state index contributed by atoms with van der Waals surface area (Å²) in [6.07, 6.45) is 1.88. The molecule has 25 heavy (non-hydrogen) atoms. The van der Waals surface area contributed by atoms with Gasteiger partial charge in [0.25, 0.3) is 0 Å². The molecule has 1 atom stereocenters. The van der Waals surface area contributed by atoms with Gasteiger partial charge < -0.3 is 9.64 Å². The first-order valence-electron chi connectivity index (χ1n) is 9.19. The van der Waals surface area contributed by atoms with Crippen molar-refractivity contribution in [1.82, 2.24) is 14.0 Å². The Bertz CT molecular complexity index is 787. The number of benzene rings is 1. The van der Waals surface area contributed by atoms with Crippen LogP contribution in [-0.2, 0) is 22.6 Å². The molecule has 1 aromatic carbocycles. The molecule has 1 aliphatic heterocycles. The highest BCUT2D eigenvalue weighted by Gasteiger charge is 2.23. The van der Waals surface area contributed by atoms with Crippen molar-refractivity contribution < 1.29 is 9.53 Å². The number of nitrogens with zero attached hydrogens (tertiary/aromatic N) is 3. The standard InChI is InChI=1S/C19H27N3O3/c1-3-10-21-16-7-5-6-8-17(16)22(19(21)24)13-18(23)20(4-2)12-15-9-11-25-14-15/h5-8,15H,3-4,9-14H2,1-2H3/t15-/m1/s1. The monoisotopic (exact) mass is 345 g/mol. The van der Waals surface area contributed by atoms with Crippen molar-refractivity contribution in [2.24, 2.45) is 5.92 Å². The Hall–Kier alpha value is -2.08. The normalized spacial score (nSPS) is 17.3. The van der Waals surface area contributed by atoms with E-state index in [1.807, 2.05) is 43.0 Å². The summed E-state index contributed by atoms with van der Waals surface area (Å²) < 4.78 is 8.79. The lowest BCUT2D eigenvalue weighted by atomic mass is 10.1. The molecule has 1 amide bonds. The lowest BCUT2D eigenvalue weighted by Crippen LogP contribution is -2.39. The van der Waals surface area contributed by atoms with E-state index in [-0.39, 0.29) is 18.1 Å². The van der Waals surface area contributed by atoms with Crippen molar-refractivity contribution in [3.63, 3.8) is 0 Å². The molecule has 2 heterocycles. The lowest BCUT2D eigenvalue weighted by Gasteiger charge is -2.24. The fourth-order valence-corrected chi connectivity index (χ4v) is 3.55. The molecule has 0 aliphatic carbocycles. The minimum Gasteiger partial charge on any atom is -0.381 e. The summed E-state index contributed by atoms with van der Waals surface area (Å²) in [4.78, 5) is 27.5. The maximum atomic E-state index is 12.8. The molecule has 6 heteroatoms. The van der Waals surface area contributed by atoms with Gasteiger partial charge >= 0.3 is 5.69 Å². The number of hydrogen-bond acceptors (Lipinski definition) is 3. The molecular weight excluding hydrogens is 318 g/mol. The fraction of sp³-hybridized carbons (Fsp3) is 0.579. The number of para-hydroxylation sites is 2. The Morgan fingerprint density at radius 3 is 2.56 bits per heavy atom. The molecule has 0 unspecified atom stereocenters. The summed E-state index contributed by atoms with van der Waals surface area (Å²) in [5.74, 6) is 0.401. The average Bonchev–Trinajstić information content (AvgIpc) is 3.22. The molecular formula is C19H27N3O3. The molecule has 0 spiro atoms. The van der Waals surface area contributed by atoms with Crippen molar-refractivity contribution in [2.75, 3.05) is 26.3 Å². The average molecular weight is 345 g/mol. The summed E-state index contributed by atoms with van der Waals surface area (Å²) in [5.41, 5.74) is 1.63. The minimum atomic E-state index is -0.100. The van der Waals surface area contributed by atoms with E-state index in [9.17, 15) is 9.59 Å². The smallest absolute Gasteiger partial charge is 0.329 e. The van der Waals surface area contributed by atoms with Crippen molar-refractivity contribution in [3.05, 3.63) is 34.7 Å². The summed E-state index contributed by atoms with van der Waals surface area (Å²) in [6, 6.07) is 7.70. The van der Waals surface area contributed by atoms with Gasteiger partial charge in [0, 0.05) is 32.2 Å². The van der Waals surface area contributed by atoms with Crippen LogP contribution in [0.2, 0.25) is 0 Å². The van der Waals surface area contributed by atoms with Gasteiger partial charge in [-0.2, -0.15) is 0 Å². The molecule has 136 valence electrons. The molecule has 1 aliphatic rings. The summed E-state index contributed by atoms with van der Waals surface area (Å²) in [5, 5.41) is 0. The zero-order valence-electron chi connectivity index (χ0n) is 15.1. The Morgan fingerprint density at radius 1 is 1.24 bits per heavy atom. The first-order chi connectivity index (χ1) is 12.2. The molecule has 6 nitrogen and oxygen atoms in total. The molecule has 0 saturated carbocycles. The van der Waals surface area contributed by atoms with Gasteiger partial charge in [-0.05, 0) is 31.9 Å². The van der Waals surface area contributed by atoms with Crippen LogP contribution >= 0.6 is 0 Å². The molecule has 0 N–H and O–H groups in total. The quantitative estimate of drug-likeness (QED) is 0.772. The largest absolute Gasteiger partial charge is 0.381 e. The number of aryl methyl sites for hydroxylation is 1. The van der Waals surface area contributed by atoms with E-state index in [1.165, 1.54) is 0 Å². The highest BCUT2D eigenvalue weighted by Crippen LogP contribution is 2.16.